The maximum absolute atomic E-state index is 12.9. The summed E-state index contributed by atoms with van der Waals surface area (Å²) in [6, 6.07) is 10.4. The van der Waals surface area contributed by atoms with Crippen LogP contribution in [0.25, 0.3) is 0 Å². The topological polar surface area (TPSA) is 101 Å². The van der Waals surface area contributed by atoms with E-state index >= 15 is 0 Å². The SMILES string of the molecule is O=C(COC(=O)[C@H]1C[C@@H](O)CN1S(=O)(=O)c1ccc(Cl)cc1)c1cccc(Cl)c1. The highest BCUT2D eigenvalue weighted by molar-refractivity contribution is 7.89. The Kier molecular flexibility index (Phi) is 6.60. The second-order valence-corrected chi connectivity index (χ2v) is 9.24. The number of hydrogen-bond acceptors (Lipinski definition) is 6. The van der Waals surface area contributed by atoms with Crippen LogP contribution in [-0.4, -0.2) is 54.9 Å². The Hall–Kier alpha value is -1.97. The lowest BCUT2D eigenvalue weighted by Crippen LogP contribution is -2.41. The summed E-state index contributed by atoms with van der Waals surface area (Å²) in [5.41, 5.74) is 0.266. The first kappa shape index (κ1) is 21.7. The normalized spacial score (nSPS) is 19.8. The molecule has 2 aromatic rings. The number of esters is 1. The first-order chi connectivity index (χ1) is 13.7. The molecule has 29 heavy (non-hydrogen) atoms. The van der Waals surface area contributed by atoms with E-state index in [0.717, 1.165) is 4.31 Å². The number of ketones is 1. The molecule has 0 unspecified atom stereocenters. The average molecular weight is 458 g/mol. The van der Waals surface area contributed by atoms with Gasteiger partial charge >= 0.3 is 5.97 Å². The van der Waals surface area contributed by atoms with Gasteiger partial charge in [0.1, 0.15) is 6.04 Å². The summed E-state index contributed by atoms with van der Waals surface area (Å²) in [7, 11) is -4.07. The molecule has 0 aromatic heterocycles. The monoisotopic (exact) mass is 457 g/mol. The van der Waals surface area contributed by atoms with Crippen molar-refractivity contribution in [3.63, 3.8) is 0 Å². The predicted molar refractivity (Wildman–Crippen MR) is 106 cm³/mol. The van der Waals surface area contributed by atoms with Gasteiger partial charge in [-0.15, -0.1) is 0 Å². The van der Waals surface area contributed by atoms with Gasteiger partial charge in [0, 0.05) is 28.6 Å². The molecule has 2 aromatic carbocycles. The molecule has 1 fully saturated rings. The summed E-state index contributed by atoms with van der Waals surface area (Å²) >= 11 is 11.6. The van der Waals surface area contributed by atoms with E-state index in [2.05, 4.69) is 0 Å². The van der Waals surface area contributed by atoms with Gasteiger partial charge in [0.05, 0.1) is 11.0 Å². The molecule has 1 N–H and O–H groups in total. The molecule has 0 saturated carbocycles. The van der Waals surface area contributed by atoms with E-state index in [-0.39, 0.29) is 23.4 Å². The number of carbonyl (C=O) groups excluding carboxylic acids is 2. The molecule has 3 rings (SSSR count). The minimum Gasteiger partial charge on any atom is -0.456 e. The largest absolute Gasteiger partial charge is 0.456 e. The van der Waals surface area contributed by atoms with Gasteiger partial charge in [-0.2, -0.15) is 4.31 Å². The molecule has 0 spiro atoms. The molecule has 154 valence electrons. The second-order valence-electron chi connectivity index (χ2n) is 6.48. The van der Waals surface area contributed by atoms with Crippen molar-refractivity contribution in [3.8, 4) is 0 Å². The van der Waals surface area contributed by atoms with E-state index in [4.69, 9.17) is 27.9 Å². The fraction of sp³-hybridized carbons (Fsp3) is 0.263. The minimum atomic E-state index is -4.07. The van der Waals surface area contributed by atoms with Crippen molar-refractivity contribution in [2.45, 2.75) is 23.5 Å². The highest BCUT2D eigenvalue weighted by atomic mass is 35.5. The molecule has 1 aliphatic heterocycles. The average Bonchev–Trinajstić information content (AvgIpc) is 3.09. The molecule has 0 amide bonds. The molecule has 2 atom stereocenters. The maximum atomic E-state index is 12.9. The van der Waals surface area contributed by atoms with Crippen molar-refractivity contribution >= 4 is 45.0 Å². The number of ether oxygens (including phenoxy) is 1. The van der Waals surface area contributed by atoms with Gasteiger partial charge in [-0.1, -0.05) is 35.3 Å². The highest BCUT2D eigenvalue weighted by Gasteiger charge is 2.44. The van der Waals surface area contributed by atoms with Crippen molar-refractivity contribution < 1.29 is 27.9 Å². The van der Waals surface area contributed by atoms with E-state index in [0.29, 0.717) is 10.0 Å². The van der Waals surface area contributed by atoms with Gasteiger partial charge in [0.25, 0.3) is 0 Å². The third kappa shape index (κ3) is 4.96. The van der Waals surface area contributed by atoms with Crippen molar-refractivity contribution in [2.24, 2.45) is 0 Å². The first-order valence-electron chi connectivity index (χ1n) is 8.59. The highest BCUT2D eigenvalue weighted by Crippen LogP contribution is 2.28. The Labute approximate surface area is 177 Å². The van der Waals surface area contributed by atoms with E-state index in [9.17, 15) is 23.1 Å². The fourth-order valence-electron chi connectivity index (χ4n) is 2.98. The predicted octanol–water partition coefficient (Wildman–Crippen LogP) is 2.54. The molecule has 10 heteroatoms. The lowest BCUT2D eigenvalue weighted by molar-refractivity contribution is -0.146. The second kappa shape index (κ2) is 8.81. The van der Waals surface area contributed by atoms with Crippen LogP contribution in [0, 0.1) is 0 Å². The van der Waals surface area contributed by atoms with Gasteiger partial charge in [-0.3, -0.25) is 9.59 Å². The van der Waals surface area contributed by atoms with Crippen molar-refractivity contribution in [1.29, 1.82) is 0 Å². The van der Waals surface area contributed by atoms with Crippen molar-refractivity contribution in [3.05, 3.63) is 64.1 Å². The zero-order valence-electron chi connectivity index (χ0n) is 15.0. The Balaban J connectivity index is 1.73. The first-order valence-corrected chi connectivity index (χ1v) is 10.8. The Morgan fingerprint density at radius 3 is 2.45 bits per heavy atom. The number of nitrogens with zero attached hydrogens (tertiary/aromatic N) is 1. The van der Waals surface area contributed by atoms with Gasteiger partial charge in [-0.25, -0.2) is 8.42 Å². The number of benzene rings is 2. The zero-order chi connectivity index (χ0) is 21.2. The molecule has 1 heterocycles. The summed E-state index contributed by atoms with van der Waals surface area (Å²) in [4.78, 5) is 24.6. The summed E-state index contributed by atoms with van der Waals surface area (Å²) < 4.78 is 31.7. The maximum Gasteiger partial charge on any atom is 0.325 e. The molecule has 0 radical (unpaired) electrons. The van der Waals surface area contributed by atoms with Crippen LogP contribution < -0.4 is 0 Å². The molecule has 0 aliphatic carbocycles. The summed E-state index contributed by atoms with van der Waals surface area (Å²) in [5.74, 6) is -1.39. The van der Waals surface area contributed by atoms with Gasteiger partial charge in [0.2, 0.25) is 10.0 Å². The molecule has 1 aliphatic rings. The Morgan fingerprint density at radius 1 is 1.10 bits per heavy atom. The molecular formula is C19H17Cl2NO6S. The van der Waals surface area contributed by atoms with Crippen LogP contribution in [0.5, 0.6) is 0 Å². The summed E-state index contributed by atoms with van der Waals surface area (Å²) in [5, 5.41) is 10.7. The zero-order valence-corrected chi connectivity index (χ0v) is 17.3. The van der Waals surface area contributed by atoms with Crippen LogP contribution in [0.2, 0.25) is 10.0 Å². The van der Waals surface area contributed by atoms with Crippen LogP contribution in [0.15, 0.2) is 53.4 Å². The van der Waals surface area contributed by atoms with E-state index in [1.54, 1.807) is 12.1 Å². The van der Waals surface area contributed by atoms with Crippen LogP contribution in [0.3, 0.4) is 0 Å². The van der Waals surface area contributed by atoms with Crippen LogP contribution in [0.4, 0.5) is 0 Å². The number of rotatable bonds is 6. The van der Waals surface area contributed by atoms with Crippen LogP contribution in [0.1, 0.15) is 16.8 Å². The number of sulfonamides is 1. The quantitative estimate of drug-likeness (QED) is 0.528. The number of aliphatic hydroxyl groups excluding tert-OH is 1. The van der Waals surface area contributed by atoms with Crippen molar-refractivity contribution in [2.75, 3.05) is 13.2 Å². The fourth-order valence-corrected chi connectivity index (χ4v) is 4.93. The molecule has 0 bridgehead atoms. The minimum absolute atomic E-state index is 0.0659. The number of aliphatic hydroxyl groups is 1. The summed E-state index contributed by atoms with van der Waals surface area (Å²) in [6.45, 7) is -0.826. The van der Waals surface area contributed by atoms with E-state index < -0.39 is 40.5 Å². The number of halogens is 2. The molecule has 7 nitrogen and oxygen atoms in total. The smallest absolute Gasteiger partial charge is 0.325 e. The Morgan fingerprint density at radius 2 is 1.79 bits per heavy atom. The van der Waals surface area contributed by atoms with Gasteiger partial charge in [-0.05, 0) is 36.4 Å². The molecule has 1 saturated heterocycles. The lowest BCUT2D eigenvalue weighted by atomic mass is 10.1. The van der Waals surface area contributed by atoms with E-state index in [1.807, 2.05) is 0 Å². The third-order valence-corrected chi connectivity index (χ3v) is 6.79. The number of carbonyl (C=O) groups is 2. The molecular weight excluding hydrogens is 441 g/mol. The van der Waals surface area contributed by atoms with E-state index in [1.165, 1.54) is 36.4 Å². The van der Waals surface area contributed by atoms with Gasteiger partial charge in [0.15, 0.2) is 12.4 Å². The van der Waals surface area contributed by atoms with Crippen molar-refractivity contribution in [1.82, 2.24) is 4.31 Å². The van der Waals surface area contributed by atoms with Crippen LogP contribution >= 0.6 is 23.2 Å². The number of Topliss-reactive ketones (excluding diaryl/α,β-unsaturated/α-hetero) is 1. The Bertz CT molecular complexity index is 1030. The van der Waals surface area contributed by atoms with Gasteiger partial charge < -0.3 is 9.84 Å². The third-order valence-electron chi connectivity index (χ3n) is 4.42. The standard InChI is InChI=1S/C19H17Cl2NO6S/c20-13-4-6-16(7-5-13)29(26,27)22-10-15(23)9-17(22)19(25)28-11-18(24)12-2-1-3-14(21)8-12/h1-8,15,17,23H,9-11H2/t15-,17-/m1/s1. The van der Waals surface area contributed by atoms with Crippen LogP contribution in [-0.2, 0) is 19.6 Å². The number of hydrogen-bond donors (Lipinski definition) is 1. The number of β-amino-alcohol motifs (C(OH)–C–C–N with tert-alkyl or cyclic N) is 1. The summed E-state index contributed by atoms with van der Waals surface area (Å²) in [6.07, 6.45) is -1.16. The lowest BCUT2D eigenvalue weighted by Gasteiger charge is -2.22.